The molecule has 5 nitrogen and oxygen atoms in total. The maximum atomic E-state index is 13.0. The van der Waals surface area contributed by atoms with E-state index in [-0.39, 0.29) is 17.2 Å². The second-order valence-corrected chi connectivity index (χ2v) is 8.78. The summed E-state index contributed by atoms with van der Waals surface area (Å²) in [6, 6.07) is 18.7. The number of thioether (sulfide) groups is 1. The molecule has 0 aliphatic rings. The smallest absolute Gasteiger partial charge is 0.261 e. The lowest BCUT2D eigenvalue weighted by atomic mass is 10.1. The Bertz CT molecular complexity index is 1100. The standard InChI is InChI=1S/C21H19FN2O3S2/c1-28-19-4-2-3-18(14-19)23-21(25)13-15-5-9-17(10-6-15)24-29(26,27)20-11-7-16(22)8-12-20/h2-12,14,24H,13H2,1H3,(H,23,25). The summed E-state index contributed by atoms with van der Waals surface area (Å²) >= 11 is 1.59. The highest BCUT2D eigenvalue weighted by molar-refractivity contribution is 7.98. The number of nitrogens with one attached hydrogen (secondary N) is 2. The number of carbonyl (C=O) groups excluding carboxylic acids is 1. The fraction of sp³-hybridized carbons (Fsp3) is 0.0952. The summed E-state index contributed by atoms with van der Waals surface area (Å²) in [4.78, 5) is 13.3. The average molecular weight is 431 g/mol. The Morgan fingerprint density at radius 2 is 1.66 bits per heavy atom. The van der Waals surface area contributed by atoms with Gasteiger partial charge in [0.25, 0.3) is 10.0 Å². The summed E-state index contributed by atoms with van der Waals surface area (Å²) in [6.07, 6.45) is 2.13. The molecular weight excluding hydrogens is 411 g/mol. The van der Waals surface area contributed by atoms with Gasteiger partial charge in [0.05, 0.1) is 11.3 Å². The van der Waals surface area contributed by atoms with Crippen LogP contribution < -0.4 is 10.0 Å². The summed E-state index contributed by atoms with van der Waals surface area (Å²) in [5.74, 6) is -0.672. The van der Waals surface area contributed by atoms with E-state index in [1.807, 2.05) is 30.5 Å². The van der Waals surface area contributed by atoms with E-state index in [4.69, 9.17) is 0 Å². The number of rotatable bonds is 7. The normalized spacial score (nSPS) is 11.1. The molecule has 150 valence electrons. The molecule has 0 unspecified atom stereocenters. The Labute approximate surface area is 173 Å². The van der Waals surface area contributed by atoms with E-state index in [9.17, 15) is 17.6 Å². The first kappa shape index (κ1) is 20.9. The number of benzene rings is 3. The predicted octanol–water partition coefficient (Wildman–Crippen LogP) is 4.53. The molecular formula is C21H19FN2O3S2. The topological polar surface area (TPSA) is 75.3 Å². The fourth-order valence-electron chi connectivity index (χ4n) is 2.61. The van der Waals surface area contributed by atoms with Gasteiger partial charge in [-0.15, -0.1) is 11.8 Å². The molecule has 0 heterocycles. The molecule has 0 fully saturated rings. The molecule has 0 bridgehead atoms. The highest BCUT2D eigenvalue weighted by Gasteiger charge is 2.14. The third-order valence-corrected chi connectivity index (χ3v) is 6.17. The lowest BCUT2D eigenvalue weighted by molar-refractivity contribution is -0.115. The molecule has 3 aromatic rings. The molecule has 0 saturated heterocycles. The summed E-state index contributed by atoms with van der Waals surface area (Å²) in [5.41, 5.74) is 1.82. The van der Waals surface area contributed by atoms with Crippen molar-refractivity contribution in [2.45, 2.75) is 16.2 Å². The molecule has 1 amide bonds. The Kier molecular flexibility index (Phi) is 6.56. The highest BCUT2D eigenvalue weighted by Crippen LogP contribution is 2.20. The molecule has 3 aromatic carbocycles. The molecule has 0 radical (unpaired) electrons. The summed E-state index contributed by atoms with van der Waals surface area (Å²) in [5, 5.41) is 2.85. The zero-order chi connectivity index (χ0) is 20.9. The predicted molar refractivity (Wildman–Crippen MR) is 114 cm³/mol. The molecule has 0 spiro atoms. The van der Waals surface area contributed by atoms with Gasteiger partial charge in [-0.05, 0) is 66.4 Å². The van der Waals surface area contributed by atoms with Crippen LogP contribution in [0, 0.1) is 5.82 Å². The van der Waals surface area contributed by atoms with Crippen molar-refractivity contribution in [3.05, 3.63) is 84.2 Å². The Morgan fingerprint density at radius 3 is 2.31 bits per heavy atom. The van der Waals surface area contributed by atoms with Crippen LogP contribution in [0.3, 0.4) is 0 Å². The Balaban J connectivity index is 1.62. The number of amides is 1. The highest BCUT2D eigenvalue weighted by atomic mass is 32.2. The number of anilines is 2. The second-order valence-electron chi connectivity index (χ2n) is 6.21. The van der Waals surface area contributed by atoms with Gasteiger partial charge in [0.2, 0.25) is 5.91 Å². The van der Waals surface area contributed by atoms with Crippen LogP contribution in [0.4, 0.5) is 15.8 Å². The largest absolute Gasteiger partial charge is 0.326 e. The molecule has 0 aliphatic carbocycles. The van der Waals surface area contributed by atoms with Gasteiger partial charge in [-0.25, -0.2) is 12.8 Å². The Morgan fingerprint density at radius 1 is 0.966 bits per heavy atom. The minimum atomic E-state index is -3.81. The van der Waals surface area contributed by atoms with Crippen LogP contribution in [-0.4, -0.2) is 20.6 Å². The molecule has 0 aromatic heterocycles. The summed E-state index contributed by atoms with van der Waals surface area (Å²) in [7, 11) is -3.81. The number of hydrogen-bond acceptors (Lipinski definition) is 4. The lowest BCUT2D eigenvalue weighted by Crippen LogP contribution is -2.15. The third-order valence-electron chi connectivity index (χ3n) is 4.05. The van der Waals surface area contributed by atoms with E-state index in [2.05, 4.69) is 10.0 Å². The van der Waals surface area contributed by atoms with Crippen molar-refractivity contribution in [2.75, 3.05) is 16.3 Å². The van der Waals surface area contributed by atoms with Gasteiger partial charge in [-0.1, -0.05) is 18.2 Å². The second kappa shape index (κ2) is 9.11. The van der Waals surface area contributed by atoms with Crippen molar-refractivity contribution in [1.82, 2.24) is 0 Å². The van der Waals surface area contributed by atoms with Crippen LogP contribution in [0.2, 0.25) is 0 Å². The van der Waals surface area contributed by atoms with Crippen molar-refractivity contribution in [3.63, 3.8) is 0 Å². The molecule has 0 atom stereocenters. The number of carbonyl (C=O) groups is 1. The third kappa shape index (κ3) is 5.82. The number of halogens is 1. The monoisotopic (exact) mass is 430 g/mol. The SMILES string of the molecule is CSc1cccc(NC(=O)Cc2ccc(NS(=O)(=O)c3ccc(F)cc3)cc2)c1. The first-order valence-electron chi connectivity index (χ1n) is 8.67. The van der Waals surface area contributed by atoms with E-state index in [0.717, 1.165) is 28.3 Å². The van der Waals surface area contributed by atoms with Crippen LogP contribution in [-0.2, 0) is 21.2 Å². The Hall–Kier alpha value is -2.84. The quantitative estimate of drug-likeness (QED) is 0.540. The van der Waals surface area contributed by atoms with Crippen molar-refractivity contribution in [2.24, 2.45) is 0 Å². The van der Waals surface area contributed by atoms with E-state index >= 15 is 0 Å². The molecule has 0 aliphatic heterocycles. The molecule has 8 heteroatoms. The lowest BCUT2D eigenvalue weighted by Gasteiger charge is -2.09. The zero-order valence-corrected chi connectivity index (χ0v) is 17.2. The number of hydrogen-bond donors (Lipinski definition) is 2. The van der Waals surface area contributed by atoms with Crippen LogP contribution >= 0.6 is 11.8 Å². The van der Waals surface area contributed by atoms with Gasteiger partial charge < -0.3 is 5.32 Å². The van der Waals surface area contributed by atoms with Gasteiger partial charge >= 0.3 is 0 Å². The molecule has 3 rings (SSSR count). The minimum absolute atomic E-state index is 0.0326. The fourth-order valence-corrected chi connectivity index (χ4v) is 4.13. The van der Waals surface area contributed by atoms with Crippen LogP contribution in [0.5, 0.6) is 0 Å². The van der Waals surface area contributed by atoms with Crippen LogP contribution in [0.15, 0.2) is 82.6 Å². The summed E-state index contributed by atoms with van der Waals surface area (Å²) in [6.45, 7) is 0. The van der Waals surface area contributed by atoms with E-state index in [1.165, 1.54) is 12.1 Å². The van der Waals surface area contributed by atoms with Gasteiger partial charge in [0, 0.05) is 16.3 Å². The maximum absolute atomic E-state index is 13.0. The van der Waals surface area contributed by atoms with E-state index < -0.39 is 15.8 Å². The van der Waals surface area contributed by atoms with E-state index in [0.29, 0.717) is 5.69 Å². The molecule has 0 saturated carbocycles. The minimum Gasteiger partial charge on any atom is -0.326 e. The van der Waals surface area contributed by atoms with Crippen molar-refractivity contribution >= 4 is 39.1 Å². The number of sulfonamides is 1. The average Bonchev–Trinajstić information content (AvgIpc) is 2.69. The van der Waals surface area contributed by atoms with E-state index in [1.54, 1.807) is 36.0 Å². The molecule has 29 heavy (non-hydrogen) atoms. The van der Waals surface area contributed by atoms with Gasteiger partial charge in [-0.2, -0.15) is 0 Å². The van der Waals surface area contributed by atoms with Crippen LogP contribution in [0.25, 0.3) is 0 Å². The van der Waals surface area contributed by atoms with Crippen molar-refractivity contribution in [1.29, 1.82) is 0 Å². The van der Waals surface area contributed by atoms with Crippen molar-refractivity contribution < 1.29 is 17.6 Å². The summed E-state index contributed by atoms with van der Waals surface area (Å²) < 4.78 is 40.1. The maximum Gasteiger partial charge on any atom is 0.261 e. The van der Waals surface area contributed by atoms with Crippen LogP contribution in [0.1, 0.15) is 5.56 Å². The first-order chi connectivity index (χ1) is 13.9. The van der Waals surface area contributed by atoms with Gasteiger partial charge in [-0.3, -0.25) is 9.52 Å². The van der Waals surface area contributed by atoms with Gasteiger partial charge in [0.15, 0.2) is 0 Å². The first-order valence-corrected chi connectivity index (χ1v) is 11.4. The van der Waals surface area contributed by atoms with Gasteiger partial charge in [0.1, 0.15) is 5.82 Å². The zero-order valence-electron chi connectivity index (χ0n) is 15.6. The molecule has 2 N–H and O–H groups in total. The van der Waals surface area contributed by atoms with Crippen molar-refractivity contribution in [3.8, 4) is 0 Å².